The van der Waals surface area contributed by atoms with Crippen molar-refractivity contribution in [2.24, 2.45) is 0 Å². The summed E-state index contributed by atoms with van der Waals surface area (Å²) >= 11 is 0. The number of hydrogen-bond acceptors (Lipinski definition) is 6. The highest BCUT2D eigenvalue weighted by molar-refractivity contribution is 7.45. The van der Waals surface area contributed by atoms with Crippen LogP contribution in [0, 0.1) is 0 Å². The van der Waals surface area contributed by atoms with E-state index in [4.69, 9.17) is 9.05 Å². The Labute approximate surface area is 545 Å². The molecule has 3 atom stereocenters. The Morgan fingerprint density at radius 2 is 0.621 bits per heavy atom. The minimum atomic E-state index is -4.60. The number of rotatable bonds is 75. The molecule has 1 amide bonds. The van der Waals surface area contributed by atoms with Gasteiger partial charge in [0.15, 0.2) is 0 Å². The predicted molar refractivity (Wildman–Crippen MR) is 381 cm³/mol. The van der Waals surface area contributed by atoms with Crippen molar-refractivity contribution in [3.63, 3.8) is 0 Å². The number of nitrogens with one attached hydrogen (secondary N) is 1. The van der Waals surface area contributed by atoms with Crippen LogP contribution in [0.5, 0.6) is 0 Å². The number of nitrogens with zero attached hydrogens (tertiary/aromatic N) is 1. The molecule has 0 aliphatic rings. The second kappa shape index (κ2) is 69.6. The lowest BCUT2D eigenvalue weighted by Gasteiger charge is -2.29. The van der Waals surface area contributed by atoms with Crippen molar-refractivity contribution >= 4 is 13.7 Å². The summed E-state index contributed by atoms with van der Waals surface area (Å²) in [6.45, 7) is 4.73. The Kier molecular flexibility index (Phi) is 69.0. The van der Waals surface area contributed by atoms with Gasteiger partial charge in [0.1, 0.15) is 13.2 Å². The molecule has 0 aromatic heterocycles. The number of allylic oxidation sites excluding steroid dienone is 1. The SMILES string of the molecule is CCCCCCCCCCCCCCCCCCCCCCCCCC/C=C/C(O)C(COP(=O)([O-])OCC[N+](C)(C)C)NC(=O)CCCCCCCCCCCCCCCCCCCCCCCCCCCCCCCCCCCCCCCCC. The van der Waals surface area contributed by atoms with Crippen LogP contribution in [0.4, 0.5) is 0 Å². The van der Waals surface area contributed by atoms with Crippen molar-refractivity contribution in [2.45, 2.75) is 443 Å². The molecule has 2 N–H and O–H groups in total. The monoisotopic (exact) mass is 1250 g/mol. The lowest BCUT2D eigenvalue weighted by Crippen LogP contribution is -2.45. The van der Waals surface area contributed by atoms with Crippen molar-refractivity contribution in [3.8, 4) is 0 Å². The molecule has 0 saturated heterocycles. The summed E-state index contributed by atoms with van der Waals surface area (Å²) in [5.74, 6) is -0.186. The number of aliphatic hydroxyl groups is 1. The fourth-order valence-electron chi connectivity index (χ4n) is 12.6. The van der Waals surface area contributed by atoms with Crippen LogP contribution >= 0.6 is 7.82 Å². The van der Waals surface area contributed by atoms with E-state index in [0.717, 1.165) is 38.5 Å². The second-order valence-electron chi connectivity index (χ2n) is 28.8. The van der Waals surface area contributed by atoms with Gasteiger partial charge in [0, 0.05) is 6.42 Å². The second-order valence-corrected chi connectivity index (χ2v) is 30.2. The number of hydrogen-bond donors (Lipinski definition) is 2. The number of amides is 1. The van der Waals surface area contributed by atoms with Gasteiger partial charge in [0.05, 0.1) is 39.9 Å². The molecule has 0 aliphatic carbocycles. The van der Waals surface area contributed by atoms with Crippen LogP contribution in [0.3, 0.4) is 0 Å². The number of likely N-dealkylation sites (N-methyl/N-ethyl adjacent to an activating group) is 1. The highest BCUT2D eigenvalue weighted by atomic mass is 31.2. The molecule has 0 rings (SSSR count). The van der Waals surface area contributed by atoms with Gasteiger partial charge < -0.3 is 28.8 Å². The first-order valence-electron chi connectivity index (χ1n) is 39.6. The number of phosphoric acid groups is 1. The average Bonchev–Trinajstić information content (AvgIpc) is 3.70. The number of quaternary nitrogens is 1. The van der Waals surface area contributed by atoms with Gasteiger partial charge in [-0.3, -0.25) is 9.36 Å². The summed E-state index contributed by atoms with van der Waals surface area (Å²) in [5, 5.41) is 14.0. The molecule has 520 valence electrons. The molecule has 0 bridgehead atoms. The molecule has 87 heavy (non-hydrogen) atoms. The van der Waals surface area contributed by atoms with Crippen molar-refractivity contribution in [2.75, 3.05) is 40.9 Å². The van der Waals surface area contributed by atoms with Gasteiger partial charge in [0.25, 0.3) is 7.82 Å². The minimum Gasteiger partial charge on any atom is -0.756 e. The molecular formula is C78H157N2O6P. The Morgan fingerprint density at radius 1 is 0.391 bits per heavy atom. The van der Waals surface area contributed by atoms with E-state index in [9.17, 15) is 19.4 Å². The Morgan fingerprint density at radius 3 is 0.862 bits per heavy atom. The van der Waals surface area contributed by atoms with Crippen LogP contribution in [0.15, 0.2) is 12.2 Å². The Balaban J connectivity index is 3.90. The zero-order chi connectivity index (χ0) is 63.4. The van der Waals surface area contributed by atoms with E-state index in [2.05, 4.69) is 19.2 Å². The highest BCUT2D eigenvalue weighted by Crippen LogP contribution is 2.38. The van der Waals surface area contributed by atoms with Crippen molar-refractivity contribution in [1.82, 2.24) is 5.32 Å². The lowest BCUT2D eigenvalue weighted by molar-refractivity contribution is -0.870. The first-order chi connectivity index (χ1) is 42.5. The van der Waals surface area contributed by atoms with Crippen LogP contribution in [0.25, 0.3) is 0 Å². The molecule has 9 heteroatoms. The van der Waals surface area contributed by atoms with Crippen LogP contribution in [0.2, 0.25) is 0 Å². The van der Waals surface area contributed by atoms with E-state index in [1.165, 1.54) is 372 Å². The van der Waals surface area contributed by atoms with Gasteiger partial charge in [-0.25, -0.2) is 0 Å². The fraction of sp³-hybridized carbons (Fsp3) is 0.962. The normalized spacial score (nSPS) is 13.5. The number of phosphoric ester groups is 1. The summed E-state index contributed by atoms with van der Waals surface area (Å²) in [4.78, 5) is 25.7. The first-order valence-corrected chi connectivity index (χ1v) is 41.0. The molecule has 8 nitrogen and oxygen atoms in total. The maximum atomic E-state index is 13.1. The third kappa shape index (κ3) is 72.5. The molecule has 3 unspecified atom stereocenters. The van der Waals surface area contributed by atoms with Gasteiger partial charge >= 0.3 is 0 Å². The minimum absolute atomic E-state index is 0.00311. The molecule has 0 radical (unpaired) electrons. The van der Waals surface area contributed by atoms with Gasteiger partial charge in [-0.2, -0.15) is 0 Å². The third-order valence-electron chi connectivity index (χ3n) is 18.7. The summed E-state index contributed by atoms with van der Waals surface area (Å²) in [7, 11) is 1.29. The molecular weight excluding hydrogens is 1090 g/mol. The van der Waals surface area contributed by atoms with E-state index in [-0.39, 0.29) is 19.1 Å². The van der Waals surface area contributed by atoms with E-state index in [1.54, 1.807) is 6.08 Å². The lowest BCUT2D eigenvalue weighted by atomic mass is 10.0. The van der Waals surface area contributed by atoms with Crippen LogP contribution in [-0.2, 0) is 18.4 Å². The summed E-state index contributed by atoms with van der Waals surface area (Å²) in [6.07, 6.45) is 91.0. The van der Waals surface area contributed by atoms with Crippen LogP contribution in [-0.4, -0.2) is 68.5 Å². The zero-order valence-electron chi connectivity index (χ0n) is 59.8. The zero-order valence-corrected chi connectivity index (χ0v) is 60.7. The molecule has 0 spiro atoms. The third-order valence-corrected chi connectivity index (χ3v) is 19.7. The number of aliphatic hydroxyl groups excluding tert-OH is 1. The predicted octanol–water partition coefficient (Wildman–Crippen LogP) is 25.0. The van der Waals surface area contributed by atoms with E-state index < -0.39 is 20.0 Å². The first kappa shape index (κ1) is 86.2. The van der Waals surface area contributed by atoms with Crippen molar-refractivity contribution in [1.29, 1.82) is 0 Å². The van der Waals surface area contributed by atoms with Gasteiger partial charge in [-0.1, -0.05) is 418 Å². The molecule has 0 aromatic carbocycles. The average molecular weight is 1250 g/mol. The summed E-state index contributed by atoms with van der Waals surface area (Å²) in [6, 6.07) is -0.884. The maximum absolute atomic E-state index is 13.1. The Hall–Kier alpha value is -0.760. The summed E-state index contributed by atoms with van der Waals surface area (Å²) < 4.78 is 23.5. The van der Waals surface area contributed by atoms with E-state index in [1.807, 2.05) is 27.2 Å². The van der Waals surface area contributed by atoms with Crippen molar-refractivity contribution in [3.05, 3.63) is 12.2 Å². The number of unbranched alkanes of at least 4 members (excludes halogenated alkanes) is 62. The van der Waals surface area contributed by atoms with Crippen molar-refractivity contribution < 1.29 is 32.9 Å². The van der Waals surface area contributed by atoms with Gasteiger partial charge in [-0.15, -0.1) is 0 Å². The standard InChI is InChI=1S/C78H157N2O6P/c1-6-8-10-12-14-16-18-20-22-24-26-28-30-32-34-35-36-37-38-39-40-41-42-43-44-45-46-48-50-52-54-56-58-60-62-64-66-68-70-72-78(82)79-76(75-86-87(83,84)85-74-73-80(3,4)5)77(81)71-69-67-65-63-61-59-57-55-53-51-49-47-33-31-29-27-25-23-21-19-17-15-13-11-9-7-2/h69,71,76-77,81H,6-68,70,72-75H2,1-5H3,(H-,79,82,83,84)/b71-69+. The quantitative estimate of drug-likeness (QED) is 0.0272. The molecule has 0 aromatic rings. The topological polar surface area (TPSA) is 108 Å². The molecule has 0 fully saturated rings. The Bertz CT molecular complexity index is 1420. The molecule has 0 aliphatic heterocycles. The largest absolute Gasteiger partial charge is 0.756 e. The fourth-order valence-corrected chi connectivity index (χ4v) is 13.4. The van der Waals surface area contributed by atoms with Crippen LogP contribution < -0.4 is 10.2 Å². The van der Waals surface area contributed by atoms with E-state index >= 15 is 0 Å². The number of carbonyl (C=O) groups is 1. The van der Waals surface area contributed by atoms with Crippen LogP contribution in [0.1, 0.15) is 431 Å². The summed E-state index contributed by atoms with van der Waals surface area (Å²) in [5.41, 5.74) is 0. The smallest absolute Gasteiger partial charge is 0.268 e. The highest BCUT2D eigenvalue weighted by Gasteiger charge is 2.23. The van der Waals surface area contributed by atoms with Gasteiger partial charge in [0.2, 0.25) is 5.91 Å². The molecule has 0 heterocycles. The van der Waals surface area contributed by atoms with Gasteiger partial charge in [-0.05, 0) is 19.3 Å². The maximum Gasteiger partial charge on any atom is 0.268 e. The van der Waals surface area contributed by atoms with E-state index in [0.29, 0.717) is 17.4 Å². The number of carbonyl (C=O) groups excluding carboxylic acids is 1. The molecule has 0 saturated carbocycles.